The molecule has 18 heavy (non-hydrogen) atoms. The molecule has 0 aromatic heterocycles. The molecule has 2 atom stereocenters. The third-order valence-corrected chi connectivity index (χ3v) is 4.03. The van der Waals surface area contributed by atoms with E-state index in [0.717, 1.165) is 6.42 Å². The van der Waals surface area contributed by atoms with Crippen molar-refractivity contribution in [1.29, 1.82) is 0 Å². The second kappa shape index (κ2) is 5.36. The fraction of sp³-hybridized carbons (Fsp3) is 0.462. The maximum absolute atomic E-state index is 13.1. The quantitative estimate of drug-likeness (QED) is 0.911. The zero-order valence-corrected chi connectivity index (χ0v) is 11.8. The molecule has 5 heteroatoms. The molecule has 0 saturated carbocycles. The highest BCUT2D eigenvalue weighted by Crippen LogP contribution is 2.25. The van der Waals surface area contributed by atoms with Crippen molar-refractivity contribution in [3.63, 3.8) is 0 Å². The van der Waals surface area contributed by atoms with E-state index in [4.69, 9.17) is 5.73 Å². The van der Waals surface area contributed by atoms with Crippen LogP contribution in [0.3, 0.4) is 0 Å². The number of rotatable bonds is 2. The standard InChI is InChI=1S/C13H16BrFN2O/c1-8-4-9(6-16)7-17(8)13(18)10-2-3-12(15)11(14)5-10/h2-3,5,8-9H,4,6-7,16H2,1H3. The Balaban J connectivity index is 2.18. The lowest BCUT2D eigenvalue weighted by atomic mass is 10.1. The van der Waals surface area contributed by atoms with Gasteiger partial charge in [-0.25, -0.2) is 4.39 Å². The van der Waals surface area contributed by atoms with Gasteiger partial charge in [0.05, 0.1) is 4.47 Å². The molecule has 98 valence electrons. The third-order valence-electron chi connectivity index (χ3n) is 3.42. The van der Waals surface area contributed by atoms with Crippen LogP contribution in [0.25, 0.3) is 0 Å². The number of amides is 1. The summed E-state index contributed by atoms with van der Waals surface area (Å²) in [6, 6.07) is 4.54. The SMILES string of the molecule is CC1CC(CN)CN1C(=O)c1ccc(F)c(Br)c1. The number of nitrogens with two attached hydrogens (primary N) is 1. The topological polar surface area (TPSA) is 46.3 Å². The summed E-state index contributed by atoms with van der Waals surface area (Å²) >= 11 is 3.10. The predicted molar refractivity (Wildman–Crippen MR) is 71.8 cm³/mol. The summed E-state index contributed by atoms with van der Waals surface area (Å²) in [5, 5.41) is 0. The molecule has 1 amide bonds. The van der Waals surface area contributed by atoms with Gasteiger partial charge in [0.25, 0.3) is 5.91 Å². The Morgan fingerprint density at radius 2 is 2.33 bits per heavy atom. The van der Waals surface area contributed by atoms with Gasteiger partial charge in [-0.15, -0.1) is 0 Å². The number of hydrogen-bond donors (Lipinski definition) is 1. The number of hydrogen-bond acceptors (Lipinski definition) is 2. The molecule has 0 spiro atoms. The molecular weight excluding hydrogens is 299 g/mol. The highest BCUT2D eigenvalue weighted by Gasteiger charge is 2.32. The maximum Gasteiger partial charge on any atom is 0.254 e. The van der Waals surface area contributed by atoms with Crippen LogP contribution < -0.4 is 5.73 Å². The normalized spacial score (nSPS) is 23.4. The molecule has 2 N–H and O–H groups in total. The van der Waals surface area contributed by atoms with Crippen LogP contribution in [-0.2, 0) is 0 Å². The van der Waals surface area contributed by atoms with E-state index >= 15 is 0 Å². The molecule has 0 radical (unpaired) electrons. The first-order valence-corrected chi connectivity index (χ1v) is 6.78. The Hall–Kier alpha value is -0.940. The van der Waals surface area contributed by atoms with Crippen LogP contribution in [0.2, 0.25) is 0 Å². The average Bonchev–Trinajstić information content (AvgIpc) is 2.73. The maximum atomic E-state index is 13.1. The Morgan fingerprint density at radius 3 is 2.89 bits per heavy atom. The Labute approximate surface area is 114 Å². The summed E-state index contributed by atoms with van der Waals surface area (Å²) in [6.07, 6.45) is 0.935. The minimum atomic E-state index is -0.360. The summed E-state index contributed by atoms with van der Waals surface area (Å²) < 4.78 is 13.5. The van der Waals surface area contributed by atoms with Crippen molar-refractivity contribution in [3.8, 4) is 0 Å². The minimum Gasteiger partial charge on any atom is -0.336 e. The van der Waals surface area contributed by atoms with Gasteiger partial charge < -0.3 is 10.6 Å². The molecule has 1 heterocycles. The Kier molecular flexibility index (Phi) is 4.02. The van der Waals surface area contributed by atoms with Crippen LogP contribution >= 0.6 is 15.9 Å². The van der Waals surface area contributed by atoms with E-state index < -0.39 is 0 Å². The fourth-order valence-corrected chi connectivity index (χ4v) is 2.77. The lowest BCUT2D eigenvalue weighted by Crippen LogP contribution is -2.34. The second-order valence-corrected chi connectivity index (χ2v) is 5.63. The molecule has 1 aliphatic heterocycles. The molecule has 1 aliphatic rings. The van der Waals surface area contributed by atoms with Crippen LogP contribution in [0.5, 0.6) is 0 Å². The molecule has 2 unspecified atom stereocenters. The largest absolute Gasteiger partial charge is 0.336 e. The van der Waals surface area contributed by atoms with E-state index in [1.54, 1.807) is 0 Å². The molecule has 1 saturated heterocycles. The van der Waals surface area contributed by atoms with Gasteiger partial charge in [0.2, 0.25) is 0 Å². The molecule has 1 fully saturated rings. The summed E-state index contributed by atoms with van der Waals surface area (Å²) in [5.41, 5.74) is 6.15. The lowest BCUT2D eigenvalue weighted by Gasteiger charge is -2.21. The molecule has 0 aliphatic carbocycles. The predicted octanol–water partition coefficient (Wildman–Crippen LogP) is 2.40. The summed E-state index contributed by atoms with van der Waals surface area (Å²) in [7, 11) is 0. The van der Waals surface area contributed by atoms with Gasteiger partial charge in [-0.3, -0.25) is 4.79 Å². The van der Waals surface area contributed by atoms with Crippen molar-refractivity contribution in [2.24, 2.45) is 11.7 Å². The fourth-order valence-electron chi connectivity index (χ4n) is 2.39. The number of carbonyl (C=O) groups excluding carboxylic acids is 1. The molecular formula is C13H16BrFN2O. The van der Waals surface area contributed by atoms with E-state index in [9.17, 15) is 9.18 Å². The van der Waals surface area contributed by atoms with E-state index in [2.05, 4.69) is 15.9 Å². The number of benzene rings is 1. The number of carbonyl (C=O) groups is 1. The molecule has 0 bridgehead atoms. The summed E-state index contributed by atoms with van der Waals surface area (Å²) in [4.78, 5) is 14.1. The molecule has 2 rings (SSSR count). The summed E-state index contributed by atoms with van der Waals surface area (Å²) in [5.74, 6) is -0.0483. The smallest absolute Gasteiger partial charge is 0.254 e. The first-order chi connectivity index (χ1) is 8.52. The molecule has 3 nitrogen and oxygen atoms in total. The zero-order chi connectivity index (χ0) is 13.3. The van der Waals surface area contributed by atoms with E-state index in [0.29, 0.717) is 29.0 Å². The van der Waals surface area contributed by atoms with Crippen LogP contribution in [0.15, 0.2) is 22.7 Å². The van der Waals surface area contributed by atoms with Crippen molar-refractivity contribution in [3.05, 3.63) is 34.1 Å². The number of nitrogens with zero attached hydrogens (tertiary/aromatic N) is 1. The van der Waals surface area contributed by atoms with Gasteiger partial charge in [0.15, 0.2) is 0 Å². The first-order valence-electron chi connectivity index (χ1n) is 5.99. The monoisotopic (exact) mass is 314 g/mol. The highest BCUT2D eigenvalue weighted by molar-refractivity contribution is 9.10. The van der Waals surface area contributed by atoms with Crippen LogP contribution in [0, 0.1) is 11.7 Å². The van der Waals surface area contributed by atoms with Gasteiger partial charge in [0, 0.05) is 18.2 Å². The lowest BCUT2D eigenvalue weighted by molar-refractivity contribution is 0.0743. The van der Waals surface area contributed by atoms with Crippen LogP contribution in [0.4, 0.5) is 4.39 Å². The van der Waals surface area contributed by atoms with Gasteiger partial charge in [-0.05, 0) is 59.9 Å². The van der Waals surface area contributed by atoms with Crippen LogP contribution in [-0.4, -0.2) is 29.9 Å². The van der Waals surface area contributed by atoms with Crippen molar-refractivity contribution in [1.82, 2.24) is 4.90 Å². The summed E-state index contributed by atoms with van der Waals surface area (Å²) in [6.45, 7) is 3.30. The van der Waals surface area contributed by atoms with E-state index in [1.807, 2.05) is 11.8 Å². The van der Waals surface area contributed by atoms with Gasteiger partial charge >= 0.3 is 0 Å². The van der Waals surface area contributed by atoms with E-state index in [1.165, 1.54) is 18.2 Å². The highest BCUT2D eigenvalue weighted by atomic mass is 79.9. The zero-order valence-electron chi connectivity index (χ0n) is 10.2. The van der Waals surface area contributed by atoms with Crippen molar-refractivity contribution >= 4 is 21.8 Å². The van der Waals surface area contributed by atoms with Crippen molar-refractivity contribution < 1.29 is 9.18 Å². The van der Waals surface area contributed by atoms with Gasteiger partial charge in [-0.2, -0.15) is 0 Å². The molecule has 1 aromatic carbocycles. The second-order valence-electron chi connectivity index (χ2n) is 4.77. The number of halogens is 2. The average molecular weight is 315 g/mol. The first kappa shape index (κ1) is 13.5. The Morgan fingerprint density at radius 1 is 1.61 bits per heavy atom. The van der Waals surface area contributed by atoms with Gasteiger partial charge in [0.1, 0.15) is 5.82 Å². The molecule has 1 aromatic rings. The third kappa shape index (κ3) is 2.57. The van der Waals surface area contributed by atoms with Crippen molar-refractivity contribution in [2.45, 2.75) is 19.4 Å². The van der Waals surface area contributed by atoms with Crippen molar-refractivity contribution in [2.75, 3.05) is 13.1 Å². The Bertz CT molecular complexity index is 466. The van der Waals surface area contributed by atoms with Crippen LogP contribution in [0.1, 0.15) is 23.7 Å². The minimum absolute atomic E-state index is 0.0563. The number of likely N-dealkylation sites (tertiary alicyclic amines) is 1. The van der Waals surface area contributed by atoms with Gasteiger partial charge in [-0.1, -0.05) is 0 Å². The van der Waals surface area contributed by atoms with E-state index in [-0.39, 0.29) is 17.8 Å².